The summed E-state index contributed by atoms with van der Waals surface area (Å²) in [6, 6.07) is 13.4. The predicted octanol–water partition coefficient (Wildman–Crippen LogP) is 3.10. The molecule has 0 spiro atoms. The number of hydrogen-bond acceptors (Lipinski definition) is 3. The number of nitrogens with one attached hydrogen (secondary N) is 1. The number of nitrogens with zero attached hydrogens (tertiary/aromatic N) is 1. The smallest absolute Gasteiger partial charge is 0.243 e. The Morgan fingerprint density at radius 1 is 1.08 bits per heavy atom. The molecule has 132 valence electrons. The third-order valence-corrected chi connectivity index (χ3v) is 6.27. The molecule has 1 fully saturated rings. The first-order valence-corrected chi connectivity index (χ1v) is 9.78. The highest BCUT2D eigenvalue weighted by atomic mass is 32.2. The van der Waals surface area contributed by atoms with E-state index in [0.717, 1.165) is 11.1 Å². The van der Waals surface area contributed by atoms with Crippen molar-refractivity contribution in [2.45, 2.75) is 37.6 Å². The number of anilines is 1. The van der Waals surface area contributed by atoms with Gasteiger partial charge in [0.2, 0.25) is 15.9 Å². The summed E-state index contributed by atoms with van der Waals surface area (Å²) in [7, 11) is -3.67. The van der Waals surface area contributed by atoms with Gasteiger partial charge in [-0.15, -0.1) is 0 Å². The van der Waals surface area contributed by atoms with Gasteiger partial charge in [0.15, 0.2) is 0 Å². The lowest BCUT2D eigenvalue weighted by molar-refractivity contribution is -0.119. The molecule has 1 amide bonds. The minimum atomic E-state index is -3.67. The first kappa shape index (κ1) is 17.6. The van der Waals surface area contributed by atoms with E-state index in [2.05, 4.69) is 5.32 Å². The van der Waals surface area contributed by atoms with Crippen molar-refractivity contribution in [2.75, 3.05) is 11.9 Å². The maximum atomic E-state index is 12.9. The Balaban J connectivity index is 1.82. The normalized spacial score (nSPS) is 18.2. The van der Waals surface area contributed by atoms with Crippen LogP contribution in [0, 0.1) is 13.8 Å². The zero-order valence-electron chi connectivity index (χ0n) is 14.4. The fraction of sp³-hybridized carbons (Fsp3) is 0.316. The van der Waals surface area contributed by atoms with E-state index in [4.69, 9.17) is 0 Å². The topological polar surface area (TPSA) is 66.5 Å². The van der Waals surface area contributed by atoms with E-state index in [0.29, 0.717) is 25.1 Å². The quantitative estimate of drug-likeness (QED) is 0.913. The Hall–Kier alpha value is -2.18. The van der Waals surface area contributed by atoms with E-state index in [-0.39, 0.29) is 10.8 Å². The maximum Gasteiger partial charge on any atom is 0.243 e. The van der Waals surface area contributed by atoms with Crippen molar-refractivity contribution in [2.24, 2.45) is 0 Å². The van der Waals surface area contributed by atoms with Crippen molar-refractivity contribution in [3.05, 3.63) is 59.7 Å². The Bertz CT molecular complexity index is 859. The van der Waals surface area contributed by atoms with E-state index < -0.39 is 16.1 Å². The second-order valence-electron chi connectivity index (χ2n) is 6.45. The number of hydrogen-bond donors (Lipinski definition) is 1. The van der Waals surface area contributed by atoms with Crippen LogP contribution >= 0.6 is 0 Å². The molecule has 1 heterocycles. The molecular weight excluding hydrogens is 336 g/mol. The van der Waals surface area contributed by atoms with E-state index >= 15 is 0 Å². The number of carbonyl (C=O) groups is 1. The molecule has 3 rings (SSSR count). The van der Waals surface area contributed by atoms with Gasteiger partial charge in [0.05, 0.1) is 4.90 Å². The average molecular weight is 358 g/mol. The zero-order valence-corrected chi connectivity index (χ0v) is 15.2. The molecule has 6 heteroatoms. The Morgan fingerprint density at radius 3 is 2.36 bits per heavy atom. The van der Waals surface area contributed by atoms with Crippen LogP contribution in [-0.4, -0.2) is 31.2 Å². The fourth-order valence-electron chi connectivity index (χ4n) is 3.29. The molecule has 0 unspecified atom stereocenters. The van der Waals surface area contributed by atoms with Gasteiger partial charge in [-0.1, -0.05) is 24.3 Å². The van der Waals surface area contributed by atoms with Crippen LogP contribution in [0.1, 0.15) is 24.0 Å². The van der Waals surface area contributed by atoms with E-state index in [9.17, 15) is 13.2 Å². The van der Waals surface area contributed by atoms with Crippen LogP contribution in [0.2, 0.25) is 0 Å². The maximum absolute atomic E-state index is 12.9. The lowest BCUT2D eigenvalue weighted by Crippen LogP contribution is -2.43. The molecule has 0 bridgehead atoms. The van der Waals surface area contributed by atoms with E-state index in [1.54, 1.807) is 30.3 Å². The SMILES string of the molecule is Cc1cc(C)cc(NC(=O)[C@@H]2CCCN2S(=O)(=O)c2ccccc2)c1. The minimum Gasteiger partial charge on any atom is -0.325 e. The first-order chi connectivity index (χ1) is 11.9. The van der Waals surface area contributed by atoms with Crippen LogP contribution in [0.15, 0.2) is 53.4 Å². The van der Waals surface area contributed by atoms with Crippen molar-refractivity contribution in [3.8, 4) is 0 Å². The van der Waals surface area contributed by atoms with Gasteiger partial charge < -0.3 is 5.32 Å². The molecule has 1 aliphatic rings. The molecule has 5 nitrogen and oxygen atoms in total. The van der Waals surface area contributed by atoms with E-state index in [1.165, 1.54) is 4.31 Å². The molecule has 2 aromatic carbocycles. The summed E-state index contributed by atoms with van der Waals surface area (Å²) in [5.41, 5.74) is 2.80. The number of carbonyl (C=O) groups excluding carboxylic acids is 1. The van der Waals surface area contributed by atoms with Crippen LogP contribution in [0.4, 0.5) is 5.69 Å². The van der Waals surface area contributed by atoms with Gasteiger partial charge >= 0.3 is 0 Å². The number of benzene rings is 2. The fourth-order valence-corrected chi connectivity index (χ4v) is 4.97. The highest BCUT2D eigenvalue weighted by Crippen LogP contribution is 2.27. The second-order valence-corrected chi connectivity index (χ2v) is 8.34. The molecule has 2 aromatic rings. The van der Waals surface area contributed by atoms with Crippen molar-refractivity contribution >= 4 is 21.6 Å². The number of aryl methyl sites for hydroxylation is 2. The lowest BCUT2D eigenvalue weighted by Gasteiger charge is -2.23. The summed E-state index contributed by atoms with van der Waals surface area (Å²) < 4.78 is 27.0. The van der Waals surface area contributed by atoms with Gasteiger partial charge in [-0.2, -0.15) is 4.31 Å². The summed E-state index contributed by atoms with van der Waals surface area (Å²) in [6.07, 6.45) is 1.21. The van der Waals surface area contributed by atoms with Crippen molar-refractivity contribution in [1.29, 1.82) is 0 Å². The molecule has 25 heavy (non-hydrogen) atoms. The summed E-state index contributed by atoms with van der Waals surface area (Å²) in [4.78, 5) is 12.9. The van der Waals surface area contributed by atoms with Gasteiger partial charge in [0, 0.05) is 12.2 Å². The standard InChI is InChI=1S/C19H22N2O3S/c1-14-11-15(2)13-16(12-14)20-19(22)18-9-6-10-21(18)25(23,24)17-7-4-3-5-8-17/h3-5,7-8,11-13,18H,6,9-10H2,1-2H3,(H,20,22)/t18-/m0/s1. The summed E-state index contributed by atoms with van der Waals surface area (Å²) in [5.74, 6) is -0.276. The minimum absolute atomic E-state index is 0.223. The Labute approximate surface area is 148 Å². The van der Waals surface area contributed by atoms with Gasteiger partial charge in [-0.25, -0.2) is 8.42 Å². The molecule has 0 aliphatic carbocycles. The highest BCUT2D eigenvalue weighted by Gasteiger charge is 2.39. The molecule has 0 saturated carbocycles. The van der Waals surface area contributed by atoms with Crippen LogP contribution in [0.3, 0.4) is 0 Å². The summed E-state index contributed by atoms with van der Waals surface area (Å²) >= 11 is 0. The highest BCUT2D eigenvalue weighted by molar-refractivity contribution is 7.89. The van der Waals surface area contributed by atoms with Crippen LogP contribution in [0.5, 0.6) is 0 Å². The lowest BCUT2D eigenvalue weighted by atomic mass is 10.1. The number of amides is 1. The third kappa shape index (κ3) is 3.75. The monoisotopic (exact) mass is 358 g/mol. The molecule has 1 atom stereocenters. The van der Waals surface area contributed by atoms with Crippen LogP contribution in [-0.2, 0) is 14.8 Å². The van der Waals surface area contributed by atoms with Crippen LogP contribution < -0.4 is 5.32 Å². The first-order valence-electron chi connectivity index (χ1n) is 8.34. The Morgan fingerprint density at radius 2 is 1.72 bits per heavy atom. The number of sulfonamides is 1. The molecule has 1 saturated heterocycles. The van der Waals surface area contributed by atoms with Gasteiger partial charge in [-0.3, -0.25) is 4.79 Å². The van der Waals surface area contributed by atoms with Gasteiger partial charge in [-0.05, 0) is 62.1 Å². The predicted molar refractivity (Wildman–Crippen MR) is 97.9 cm³/mol. The zero-order chi connectivity index (χ0) is 18.0. The summed E-state index contributed by atoms with van der Waals surface area (Å²) in [6.45, 7) is 4.29. The van der Waals surface area contributed by atoms with Crippen LogP contribution in [0.25, 0.3) is 0 Å². The average Bonchev–Trinajstić information content (AvgIpc) is 3.05. The largest absolute Gasteiger partial charge is 0.325 e. The summed E-state index contributed by atoms with van der Waals surface area (Å²) in [5, 5.41) is 2.87. The molecule has 0 aromatic heterocycles. The van der Waals surface area contributed by atoms with Gasteiger partial charge in [0.1, 0.15) is 6.04 Å². The number of rotatable bonds is 4. The molecule has 0 radical (unpaired) electrons. The Kier molecular flexibility index (Phi) is 4.92. The van der Waals surface area contributed by atoms with Gasteiger partial charge in [0.25, 0.3) is 0 Å². The molecule has 1 aliphatic heterocycles. The second kappa shape index (κ2) is 6.98. The van der Waals surface area contributed by atoms with E-state index in [1.807, 2.05) is 32.0 Å². The molecular formula is C19H22N2O3S. The third-order valence-electron chi connectivity index (χ3n) is 4.35. The van der Waals surface area contributed by atoms with Crippen molar-refractivity contribution in [1.82, 2.24) is 4.31 Å². The molecule has 1 N–H and O–H groups in total. The van der Waals surface area contributed by atoms with Crippen molar-refractivity contribution in [3.63, 3.8) is 0 Å². The van der Waals surface area contributed by atoms with Crippen molar-refractivity contribution < 1.29 is 13.2 Å².